The van der Waals surface area contributed by atoms with Gasteiger partial charge in [0.05, 0.1) is 6.57 Å². The summed E-state index contributed by atoms with van der Waals surface area (Å²) in [6, 6.07) is 14.9. The lowest BCUT2D eigenvalue weighted by molar-refractivity contribution is 1.56. The summed E-state index contributed by atoms with van der Waals surface area (Å²) in [4.78, 5) is 3.50. The minimum atomic E-state index is 0.618. The smallest absolute Gasteiger partial charge is 0.194 e. The van der Waals surface area contributed by atoms with Crippen molar-refractivity contribution in [1.82, 2.24) is 0 Å². The number of para-hydroxylation sites is 1. The van der Waals surface area contributed by atoms with Gasteiger partial charge in [-0.15, -0.1) is 0 Å². The first-order chi connectivity index (χ1) is 8.22. The summed E-state index contributed by atoms with van der Waals surface area (Å²) < 4.78 is 0. The highest BCUT2D eigenvalue weighted by Gasteiger charge is 2.06. The first kappa shape index (κ1) is 11.4. The van der Waals surface area contributed by atoms with Crippen molar-refractivity contribution in [3.63, 3.8) is 0 Å². The SMILES string of the molecule is [C-]#[N+]c1ccccc1C(=C)c1ccc(Cl)cc1. The van der Waals surface area contributed by atoms with Gasteiger partial charge in [-0.05, 0) is 28.8 Å². The zero-order valence-electron chi connectivity index (χ0n) is 9.15. The molecule has 82 valence electrons. The second-order valence-corrected chi connectivity index (χ2v) is 4.05. The van der Waals surface area contributed by atoms with Gasteiger partial charge in [-0.2, -0.15) is 0 Å². The van der Waals surface area contributed by atoms with Gasteiger partial charge in [-0.3, -0.25) is 0 Å². The Kier molecular flexibility index (Phi) is 3.27. The van der Waals surface area contributed by atoms with Crippen molar-refractivity contribution >= 4 is 22.9 Å². The number of benzene rings is 2. The van der Waals surface area contributed by atoms with Crippen molar-refractivity contribution in [3.8, 4) is 0 Å². The quantitative estimate of drug-likeness (QED) is 0.653. The molecule has 0 saturated carbocycles. The van der Waals surface area contributed by atoms with E-state index >= 15 is 0 Å². The van der Waals surface area contributed by atoms with Gasteiger partial charge < -0.3 is 0 Å². The normalized spacial score (nSPS) is 9.65. The molecule has 0 unspecified atom stereocenters. The number of hydrogen-bond acceptors (Lipinski definition) is 0. The molecule has 2 aromatic carbocycles. The summed E-state index contributed by atoms with van der Waals surface area (Å²) in [5.74, 6) is 0. The Balaban J connectivity index is 2.44. The van der Waals surface area contributed by atoms with Crippen molar-refractivity contribution in [2.75, 3.05) is 0 Å². The fourth-order valence-electron chi connectivity index (χ4n) is 1.63. The van der Waals surface area contributed by atoms with Crippen LogP contribution in [0.3, 0.4) is 0 Å². The molecular formula is C15H10ClN. The highest BCUT2D eigenvalue weighted by Crippen LogP contribution is 2.30. The van der Waals surface area contributed by atoms with E-state index in [1.165, 1.54) is 0 Å². The molecule has 0 heterocycles. The lowest BCUT2D eigenvalue weighted by Gasteiger charge is -2.08. The van der Waals surface area contributed by atoms with E-state index in [4.69, 9.17) is 18.2 Å². The van der Waals surface area contributed by atoms with E-state index in [1.54, 1.807) is 6.07 Å². The number of halogens is 1. The average Bonchev–Trinajstić information content (AvgIpc) is 2.39. The van der Waals surface area contributed by atoms with E-state index < -0.39 is 0 Å². The Hall–Kier alpha value is -2.04. The second kappa shape index (κ2) is 4.86. The lowest BCUT2D eigenvalue weighted by Crippen LogP contribution is -1.86. The molecule has 2 rings (SSSR count). The summed E-state index contributed by atoms with van der Waals surface area (Å²) in [5, 5.41) is 0.694. The molecule has 0 N–H and O–H groups in total. The Morgan fingerprint density at radius 2 is 1.71 bits per heavy atom. The average molecular weight is 240 g/mol. The van der Waals surface area contributed by atoms with Gasteiger partial charge >= 0.3 is 0 Å². The molecule has 17 heavy (non-hydrogen) atoms. The van der Waals surface area contributed by atoms with Gasteiger partial charge in [0.2, 0.25) is 0 Å². The number of nitrogens with zero attached hydrogens (tertiary/aromatic N) is 1. The maximum absolute atomic E-state index is 7.14. The molecule has 0 fully saturated rings. The van der Waals surface area contributed by atoms with Gasteiger partial charge in [0, 0.05) is 5.02 Å². The highest BCUT2D eigenvalue weighted by molar-refractivity contribution is 6.30. The van der Waals surface area contributed by atoms with E-state index in [0.29, 0.717) is 10.7 Å². The fourth-order valence-corrected chi connectivity index (χ4v) is 1.76. The van der Waals surface area contributed by atoms with Gasteiger partial charge in [0.25, 0.3) is 0 Å². The predicted octanol–water partition coefficient (Wildman–Crippen LogP) is 4.95. The molecule has 0 aliphatic rings. The summed E-state index contributed by atoms with van der Waals surface area (Å²) in [5.41, 5.74) is 3.30. The number of hydrogen-bond donors (Lipinski definition) is 0. The van der Waals surface area contributed by atoms with E-state index in [-0.39, 0.29) is 0 Å². The minimum absolute atomic E-state index is 0.618. The fraction of sp³-hybridized carbons (Fsp3) is 0. The molecule has 0 bridgehead atoms. The molecule has 0 saturated heterocycles. The Morgan fingerprint density at radius 1 is 1.06 bits per heavy atom. The van der Waals surface area contributed by atoms with Crippen molar-refractivity contribution in [1.29, 1.82) is 0 Å². The Morgan fingerprint density at radius 3 is 2.35 bits per heavy atom. The maximum Gasteiger partial charge on any atom is 0.194 e. The molecule has 1 nitrogen and oxygen atoms in total. The zero-order chi connectivity index (χ0) is 12.3. The summed E-state index contributed by atoms with van der Waals surface area (Å²) >= 11 is 5.84. The molecule has 0 aliphatic heterocycles. The van der Waals surface area contributed by atoms with Gasteiger partial charge in [0.15, 0.2) is 5.69 Å². The van der Waals surface area contributed by atoms with Crippen molar-refractivity contribution in [2.24, 2.45) is 0 Å². The van der Waals surface area contributed by atoms with E-state index in [2.05, 4.69) is 11.4 Å². The van der Waals surface area contributed by atoms with Gasteiger partial charge in [-0.25, -0.2) is 4.85 Å². The molecule has 0 aromatic heterocycles. The van der Waals surface area contributed by atoms with Crippen LogP contribution in [0.15, 0.2) is 55.1 Å². The van der Waals surface area contributed by atoms with Crippen LogP contribution in [0.5, 0.6) is 0 Å². The summed E-state index contributed by atoms with van der Waals surface area (Å²) in [6.07, 6.45) is 0. The third-order valence-corrected chi connectivity index (χ3v) is 2.79. The summed E-state index contributed by atoms with van der Waals surface area (Å²) in [6.45, 7) is 11.2. The van der Waals surface area contributed by atoms with Crippen molar-refractivity contribution in [3.05, 3.63) is 82.7 Å². The molecule has 0 atom stereocenters. The molecule has 0 spiro atoms. The van der Waals surface area contributed by atoms with Crippen molar-refractivity contribution < 1.29 is 0 Å². The first-order valence-electron chi connectivity index (χ1n) is 5.14. The van der Waals surface area contributed by atoms with Crippen LogP contribution in [-0.2, 0) is 0 Å². The van der Waals surface area contributed by atoms with Crippen LogP contribution in [-0.4, -0.2) is 0 Å². The van der Waals surface area contributed by atoms with Crippen LogP contribution in [0.4, 0.5) is 5.69 Å². The van der Waals surface area contributed by atoms with Gasteiger partial charge in [0.1, 0.15) is 0 Å². The standard InChI is InChI=1S/C15H10ClN/c1-11(12-7-9-13(16)10-8-12)14-5-3-4-6-15(14)17-2/h3-10H,1H2. The van der Waals surface area contributed by atoms with Gasteiger partial charge in [-0.1, -0.05) is 54.6 Å². The van der Waals surface area contributed by atoms with Crippen LogP contribution in [0.2, 0.25) is 5.02 Å². The van der Waals surface area contributed by atoms with Crippen molar-refractivity contribution in [2.45, 2.75) is 0 Å². The molecule has 2 heteroatoms. The number of rotatable bonds is 2. The molecule has 0 radical (unpaired) electrons. The molecule has 0 amide bonds. The third-order valence-electron chi connectivity index (χ3n) is 2.54. The molecule has 0 aliphatic carbocycles. The third kappa shape index (κ3) is 2.38. The van der Waals surface area contributed by atoms with Crippen LogP contribution < -0.4 is 0 Å². The van der Waals surface area contributed by atoms with Crippen LogP contribution in [0.25, 0.3) is 10.4 Å². The van der Waals surface area contributed by atoms with Crippen LogP contribution in [0, 0.1) is 6.57 Å². The van der Waals surface area contributed by atoms with E-state index in [9.17, 15) is 0 Å². The summed E-state index contributed by atoms with van der Waals surface area (Å²) in [7, 11) is 0. The Labute approximate surface area is 106 Å². The van der Waals surface area contributed by atoms with Crippen LogP contribution >= 0.6 is 11.6 Å². The highest BCUT2D eigenvalue weighted by atomic mass is 35.5. The Bertz CT molecular complexity index is 591. The van der Waals surface area contributed by atoms with E-state index in [1.807, 2.05) is 42.5 Å². The lowest BCUT2D eigenvalue weighted by atomic mass is 9.98. The maximum atomic E-state index is 7.14. The minimum Gasteiger partial charge on any atom is -0.238 e. The second-order valence-electron chi connectivity index (χ2n) is 3.61. The predicted molar refractivity (Wildman–Crippen MR) is 72.3 cm³/mol. The first-order valence-corrected chi connectivity index (χ1v) is 5.52. The van der Waals surface area contributed by atoms with Crippen LogP contribution in [0.1, 0.15) is 11.1 Å². The molecule has 2 aromatic rings. The zero-order valence-corrected chi connectivity index (χ0v) is 9.91. The van der Waals surface area contributed by atoms with E-state index in [0.717, 1.165) is 16.7 Å². The molecular weight excluding hydrogens is 230 g/mol. The largest absolute Gasteiger partial charge is 0.238 e. The monoisotopic (exact) mass is 239 g/mol. The topological polar surface area (TPSA) is 4.36 Å².